The molecule has 0 aromatic carbocycles. The van der Waals surface area contributed by atoms with Crippen LogP contribution in [0.3, 0.4) is 0 Å². The van der Waals surface area contributed by atoms with E-state index in [-0.39, 0.29) is 0 Å². The molecular weight excluding hydrogens is 212 g/mol. The first-order valence-electron chi connectivity index (χ1n) is 5.56. The number of aromatic nitrogens is 3. The second kappa shape index (κ2) is 5.30. The summed E-state index contributed by atoms with van der Waals surface area (Å²) in [6, 6.07) is 4.05. The Morgan fingerprint density at radius 2 is 2.29 bits per heavy atom. The minimum absolute atomic E-state index is 0.733. The van der Waals surface area contributed by atoms with Crippen LogP contribution in [0.15, 0.2) is 42.5 Å². The third kappa shape index (κ3) is 3.17. The zero-order valence-electron chi connectivity index (χ0n) is 10.1. The predicted molar refractivity (Wildman–Crippen MR) is 68.1 cm³/mol. The Kier molecular flexibility index (Phi) is 3.55. The zero-order chi connectivity index (χ0) is 12.1. The fourth-order valence-electron chi connectivity index (χ4n) is 1.52. The lowest BCUT2D eigenvalue weighted by molar-refractivity contribution is 0.829. The Morgan fingerprint density at radius 3 is 3.00 bits per heavy atom. The van der Waals surface area contributed by atoms with Crippen molar-refractivity contribution in [2.24, 2.45) is 0 Å². The molecule has 4 nitrogen and oxygen atoms in total. The molecule has 4 heteroatoms. The van der Waals surface area contributed by atoms with Crippen molar-refractivity contribution < 1.29 is 0 Å². The van der Waals surface area contributed by atoms with E-state index < -0.39 is 0 Å². The van der Waals surface area contributed by atoms with E-state index in [2.05, 4.69) is 40.4 Å². The third-order valence-electron chi connectivity index (χ3n) is 2.32. The van der Waals surface area contributed by atoms with Crippen LogP contribution in [-0.4, -0.2) is 15.2 Å². The van der Waals surface area contributed by atoms with Crippen LogP contribution in [0, 0.1) is 0 Å². The maximum atomic E-state index is 4.32. The maximum absolute atomic E-state index is 4.32. The molecule has 2 rings (SSSR count). The molecule has 0 aliphatic rings. The van der Waals surface area contributed by atoms with Gasteiger partial charge in [-0.3, -0.25) is 10.1 Å². The van der Waals surface area contributed by atoms with Crippen LogP contribution in [-0.2, 0) is 6.54 Å². The average molecular weight is 228 g/mol. The lowest BCUT2D eigenvalue weighted by Gasteiger charge is -2.03. The highest BCUT2D eigenvalue weighted by Crippen LogP contribution is 2.17. The summed E-state index contributed by atoms with van der Waals surface area (Å²) in [6.07, 6.45) is 7.50. The average Bonchev–Trinajstić information content (AvgIpc) is 2.82. The molecule has 0 amide bonds. The van der Waals surface area contributed by atoms with Crippen molar-refractivity contribution in [2.75, 3.05) is 0 Å². The Balaban J connectivity index is 2.10. The summed E-state index contributed by atoms with van der Waals surface area (Å²) in [4.78, 5) is 4.32. The highest BCUT2D eigenvalue weighted by molar-refractivity contribution is 5.61. The van der Waals surface area contributed by atoms with Gasteiger partial charge >= 0.3 is 0 Å². The molecule has 0 spiro atoms. The minimum Gasteiger partial charge on any atom is -0.385 e. The van der Waals surface area contributed by atoms with E-state index in [1.807, 2.05) is 30.9 Å². The molecule has 0 aliphatic carbocycles. The molecule has 0 radical (unpaired) electrons. The first kappa shape index (κ1) is 11.4. The first-order chi connectivity index (χ1) is 8.25. The molecule has 0 aliphatic heterocycles. The smallest absolute Gasteiger partial charge is 0.0600 e. The quantitative estimate of drug-likeness (QED) is 0.845. The highest BCUT2D eigenvalue weighted by atomic mass is 15.1. The van der Waals surface area contributed by atoms with Gasteiger partial charge in [0.1, 0.15) is 0 Å². The van der Waals surface area contributed by atoms with Gasteiger partial charge in [0.25, 0.3) is 0 Å². The summed E-state index contributed by atoms with van der Waals surface area (Å²) in [5.41, 5.74) is 4.47. The molecule has 0 fully saturated rings. The second-order valence-corrected chi connectivity index (χ2v) is 4.13. The van der Waals surface area contributed by atoms with Crippen molar-refractivity contribution in [2.45, 2.75) is 20.4 Å². The van der Waals surface area contributed by atoms with Gasteiger partial charge in [0, 0.05) is 18.0 Å². The van der Waals surface area contributed by atoms with Crippen LogP contribution >= 0.6 is 0 Å². The van der Waals surface area contributed by atoms with Gasteiger partial charge in [-0.25, -0.2) is 0 Å². The summed E-state index contributed by atoms with van der Waals surface area (Å²) in [7, 11) is 0. The van der Waals surface area contributed by atoms with Gasteiger partial charge in [0.15, 0.2) is 0 Å². The molecule has 0 atom stereocenters. The van der Waals surface area contributed by atoms with Crippen molar-refractivity contribution in [3.05, 3.63) is 48.2 Å². The van der Waals surface area contributed by atoms with Crippen LogP contribution in [0.25, 0.3) is 11.1 Å². The molecule has 17 heavy (non-hydrogen) atoms. The normalized spacial score (nSPS) is 10.0. The van der Waals surface area contributed by atoms with Gasteiger partial charge in [-0.15, -0.1) is 0 Å². The number of nitrogens with zero attached hydrogens (tertiary/aromatic N) is 2. The van der Waals surface area contributed by atoms with Gasteiger partial charge in [-0.2, -0.15) is 5.10 Å². The van der Waals surface area contributed by atoms with Crippen molar-refractivity contribution in [3.8, 4) is 11.1 Å². The molecule has 0 unspecified atom stereocenters. The third-order valence-corrected chi connectivity index (χ3v) is 2.32. The molecule has 88 valence electrons. The maximum Gasteiger partial charge on any atom is 0.0600 e. The Hall–Kier alpha value is -2.10. The number of aromatic amines is 1. The van der Waals surface area contributed by atoms with E-state index in [1.54, 1.807) is 0 Å². The van der Waals surface area contributed by atoms with Gasteiger partial charge < -0.3 is 5.32 Å². The fourth-order valence-corrected chi connectivity index (χ4v) is 1.52. The van der Waals surface area contributed by atoms with Gasteiger partial charge in [0.05, 0.1) is 18.4 Å². The number of nitrogens with one attached hydrogen (secondary N) is 2. The molecule has 2 aromatic rings. The predicted octanol–water partition coefficient (Wildman–Crippen LogP) is 2.49. The molecule has 0 bridgehead atoms. The van der Waals surface area contributed by atoms with Crippen LogP contribution in [0.5, 0.6) is 0 Å². The van der Waals surface area contributed by atoms with Crippen molar-refractivity contribution >= 4 is 0 Å². The Bertz CT molecular complexity index is 496. The van der Waals surface area contributed by atoms with Gasteiger partial charge in [0.2, 0.25) is 0 Å². The number of hydrogen-bond donors (Lipinski definition) is 2. The van der Waals surface area contributed by atoms with E-state index >= 15 is 0 Å². The van der Waals surface area contributed by atoms with Gasteiger partial charge in [-0.05, 0) is 37.7 Å². The van der Waals surface area contributed by atoms with E-state index in [9.17, 15) is 0 Å². The summed E-state index contributed by atoms with van der Waals surface area (Å²) in [5.74, 6) is 0. The van der Waals surface area contributed by atoms with E-state index in [4.69, 9.17) is 0 Å². The molecule has 0 saturated carbocycles. The summed E-state index contributed by atoms with van der Waals surface area (Å²) < 4.78 is 0. The lowest BCUT2D eigenvalue weighted by atomic mass is 10.1. The van der Waals surface area contributed by atoms with Crippen molar-refractivity contribution in [1.29, 1.82) is 0 Å². The lowest BCUT2D eigenvalue weighted by Crippen LogP contribution is -2.06. The minimum atomic E-state index is 0.733. The van der Waals surface area contributed by atoms with Crippen LogP contribution in [0.4, 0.5) is 0 Å². The fraction of sp³-hybridized carbons (Fsp3) is 0.231. The number of H-pyrrole nitrogens is 1. The molecule has 2 aromatic heterocycles. The monoisotopic (exact) mass is 228 g/mol. The Morgan fingerprint density at radius 1 is 1.41 bits per heavy atom. The number of rotatable bonds is 4. The number of pyridine rings is 1. The SMILES string of the molecule is CC(C)=CNCc1cc(-c2cn[nH]c2)ccn1. The topological polar surface area (TPSA) is 53.6 Å². The van der Waals surface area contributed by atoms with Crippen molar-refractivity contribution in [1.82, 2.24) is 20.5 Å². The largest absolute Gasteiger partial charge is 0.385 e. The van der Waals surface area contributed by atoms with E-state index in [0.29, 0.717) is 0 Å². The standard InChI is InChI=1S/C13H16N4/c1-10(2)6-14-9-13-5-11(3-4-15-13)12-7-16-17-8-12/h3-8,14H,9H2,1-2H3,(H,16,17). The summed E-state index contributed by atoms with van der Waals surface area (Å²) >= 11 is 0. The molecule has 2 heterocycles. The highest BCUT2D eigenvalue weighted by Gasteiger charge is 2.00. The second-order valence-electron chi connectivity index (χ2n) is 4.13. The van der Waals surface area contributed by atoms with E-state index in [1.165, 1.54) is 5.57 Å². The molecule has 2 N–H and O–H groups in total. The zero-order valence-corrected chi connectivity index (χ0v) is 10.1. The number of allylic oxidation sites excluding steroid dienone is 1. The summed E-state index contributed by atoms with van der Waals surface area (Å²) in [5, 5.41) is 9.98. The van der Waals surface area contributed by atoms with Crippen molar-refractivity contribution in [3.63, 3.8) is 0 Å². The summed E-state index contributed by atoms with van der Waals surface area (Å²) in [6.45, 7) is 4.85. The van der Waals surface area contributed by atoms with Crippen LogP contribution in [0.2, 0.25) is 0 Å². The van der Waals surface area contributed by atoms with Gasteiger partial charge in [-0.1, -0.05) is 5.57 Å². The molecular formula is C13H16N4. The molecule has 0 saturated heterocycles. The number of hydrogen-bond acceptors (Lipinski definition) is 3. The van der Waals surface area contributed by atoms with Crippen LogP contribution < -0.4 is 5.32 Å². The van der Waals surface area contributed by atoms with E-state index in [0.717, 1.165) is 23.4 Å². The van der Waals surface area contributed by atoms with Crippen LogP contribution in [0.1, 0.15) is 19.5 Å². The first-order valence-corrected chi connectivity index (χ1v) is 5.56. The Labute approximate surface area is 101 Å².